The lowest BCUT2D eigenvalue weighted by atomic mass is 10.2. The maximum atomic E-state index is 4.63. The SMILES string of the molecule is CC(C)Nc1nc(NCCc2ccncc2)cc(C2CC2)n1. The summed E-state index contributed by atoms with van der Waals surface area (Å²) in [5, 5.41) is 6.72. The van der Waals surface area contributed by atoms with E-state index in [2.05, 4.69) is 45.5 Å². The van der Waals surface area contributed by atoms with Gasteiger partial charge in [0, 0.05) is 37.0 Å². The molecule has 2 heterocycles. The molecule has 0 amide bonds. The predicted octanol–water partition coefficient (Wildman–Crippen LogP) is 3.22. The first-order chi connectivity index (χ1) is 10.7. The summed E-state index contributed by atoms with van der Waals surface area (Å²) >= 11 is 0. The van der Waals surface area contributed by atoms with E-state index < -0.39 is 0 Å². The summed E-state index contributed by atoms with van der Waals surface area (Å²) in [5.41, 5.74) is 2.43. The van der Waals surface area contributed by atoms with E-state index >= 15 is 0 Å². The lowest BCUT2D eigenvalue weighted by molar-refractivity contribution is 0.861. The van der Waals surface area contributed by atoms with E-state index in [1.807, 2.05) is 24.5 Å². The summed E-state index contributed by atoms with van der Waals surface area (Å²) in [6.45, 7) is 5.06. The Balaban J connectivity index is 1.65. The van der Waals surface area contributed by atoms with Gasteiger partial charge in [-0.15, -0.1) is 0 Å². The molecule has 1 fully saturated rings. The van der Waals surface area contributed by atoms with Crippen molar-refractivity contribution in [2.75, 3.05) is 17.2 Å². The number of hydrogen-bond donors (Lipinski definition) is 2. The minimum atomic E-state index is 0.333. The Morgan fingerprint density at radius 1 is 1.18 bits per heavy atom. The van der Waals surface area contributed by atoms with Crippen molar-refractivity contribution in [3.8, 4) is 0 Å². The van der Waals surface area contributed by atoms with Crippen LogP contribution < -0.4 is 10.6 Å². The Kier molecular flexibility index (Phi) is 4.51. The highest BCUT2D eigenvalue weighted by Crippen LogP contribution is 2.39. The van der Waals surface area contributed by atoms with Gasteiger partial charge in [0.25, 0.3) is 0 Å². The molecular formula is C17H23N5. The highest BCUT2D eigenvalue weighted by Gasteiger charge is 2.26. The van der Waals surface area contributed by atoms with E-state index in [0.717, 1.165) is 30.4 Å². The van der Waals surface area contributed by atoms with Crippen molar-refractivity contribution in [2.24, 2.45) is 0 Å². The third-order valence-electron chi connectivity index (χ3n) is 3.63. The second-order valence-corrected chi connectivity index (χ2v) is 6.11. The zero-order chi connectivity index (χ0) is 15.4. The molecule has 22 heavy (non-hydrogen) atoms. The van der Waals surface area contributed by atoms with Crippen molar-refractivity contribution in [3.63, 3.8) is 0 Å². The first kappa shape index (κ1) is 14.8. The molecule has 5 nitrogen and oxygen atoms in total. The van der Waals surface area contributed by atoms with E-state index in [1.165, 1.54) is 18.4 Å². The van der Waals surface area contributed by atoms with Gasteiger partial charge in [0.05, 0.1) is 5.69 Å². The van der Waals surface area contributed by atoms with Crippen LogP contribution in [0.25, 0.3) is 0 Å². The van der Waals surface area contributed by atoms with Crippen LogP contribution in [0.4, 0.5) is 11.8 Å². The maximum Gasteiger partial charge on any atom is 0.225 e. The predicted molar refractivity (Wildman–Crippen MR) is 89.2 cm³/mol. The van der Waals surface area contributed by atoms with Crippen molar-refractivity contribution in [1.29, 1.82) is 0 Å². The molecule has 5 heteroatoms. The summed E-state index contributed by atoms with van der Waals surface area (Å²) in [7, 11) is 0. The zero-order valence-corrected chi connectivity index (χ0v) is 13.2. The molecule has 2 aromatic heterocycles. The van der Waals surface area contributed by atoms with Gasteiger partial charge in [-0.1, -0.05) is 0 Å². The van der Waals surface area contributed by atoms with Crippen molar-refractivity contribution in [3.05, 3.63) is 41.9 Å². The van der Waals surface area contributed by atoms with E-state index in [0.29, 0.717) is 12.0 Å². The lowest BCUT2D eigenvalue weighted by Gasteiger charge is -2.12. The van der Waals surface area contributed by atoms with Crippen LogP contribution in [-0.2, 0) is 6.42 Å². The Morgan fingerprint density at radius 2 is 1.95 bits per heavy atom. The fourth-order valence-electron chi connectivity index (χ4n) is 2.35. The van der Waals surface area contributed by atoms with Crippen molar-refractivity contribution < 1.29 is 0 Å². The highest BCUT2D eigenvalue weighted by atomic mass is 15.2. The van der Waals surface area contributed by atoms with Gasteiger partial charge in [-0.3, -0.25) is 4.98 Å². The zero-order valence-electron chi connectivity index (χ0n) is 13.2. The van der Waals surface area contributed by atoms with Crippen LogP contribution in [0.2, 0.25) is 0 Å². The summed E-state index contributed by atoms with van der Waals surface area (Å²) in [4.78, 5) is 13.2. The molecular weight excluding hydrogens is 274 g/mol. The smallest absolute Gasteiger partial charge is 0.225 e. The molecule has 0 aliphatic heterocycles. The van der Waals surface area contributed by atoms with Crippen LogP contribution in [0.5, 0.6) is 0 Å². The van der Waals surface area contributed by atoms with E-state index in [-0.39, 0.29) is 0 Å². The number of nitrogens with zero attached hydrogens (tertiary/aromatic N) is 3. The average molecular weight is 297 g/mol. The molecule has 0 saturated heterocycles. The highest BCUT2D eigenvalue weighted by molar-refractivity contribution is 5.44. The standard InChI is InChI=1S/C17H23N5/c1-12(2)20-17-21-15(14-3-4-14)11-16(22-17)19-10-7-13-5-8-18-9-6-13/h5-6,8-9,11-12,14H,3-4,7,10H2,1-2H3,(H2,19,20,21,22). The van der Waals surface area contributed by atoms with Gasteiger partial charge >= 0.3 is 0 Å². The second-order valence-electron chi connectivity index (χ2n) is 6.11. The number of hydrogen-bond acceptors (Lipinski definition) is 5. The van der Waals surface area contributed by atoms with Gasteiger partial charge in [-0.2, -0.15) is 4.98 Å². The normalized spacial score (nSPS) is 14.1. The summed E-state index contributed by atoms with van der Waals surface area (Å²) in [6, 6.07) is 6.51. The number of pyridine rings is 1. The van der Waals surface area contributed by atoms with Crippen LogP contribution >= 0.6 is 0 Å². The number of anilines is 2. The first-order valence-electron chi connectivity index (χ1n) is 7.99. The van der Waals surface area contributed by atoms with Crippen LogP contribution in [0, 0.1) is 0 Å². The maximum absolute atomic E-state index is 4.63. The van der Waals surface area contributed by atoms with Gasteiger partial charge in [-0.05, 0) is 50.8 Å². The van der Waals surface area contributed by atoms with Crippen molar-refractivity contribution in [1.82, 2.24) is 15.0 Å². The van der Waals surface area contributed by atoms with Crippen LogP contribution in [-0.4, -0.2) is 27.5 Å². The van der Waals surface area contributed by atoms with Gasteiger partial charge < -0.3 is 10.6 Å². The average Bonchev–Trinajstić information content (AvgIpc) is 3.32. The van der Waals surface area contributed by atoms with E-state index in [4.69, 9.17) is 0 Å². The Hall–Kier alpha value is -2.17. The van der Waals surface area contributed by atoms with Gasteiger partial charge in [-0.25, -0.2) is 4.98 Å². The molecule has 0 unspecified atom stereocenters. The summed E-state index contributed by atoms with van der Waals surface area (Å²) in [6.07, 6.45) is 7.10. The molecule has 1 aliphatic carbocycles. The molecule has 0 radical (unpaired) electrons. The summed E-state index contributed by atoms with van der Waals surface area (Å²) in [5.74, 6) is 2.26. The Bertz CT molecular complexity index is 608. The minimum absolute atomic E-state index is 0.333. The third kappa shape index (κ3) is 4.16. The summed E-state index contributed by atoms with van der Waals surface area (Å²) < 4.78 is 0. The van der Waals surface area contributed by atoms with Crippen molar-refractivity contribution in [2.45, 2.75) is 45.1 Å². The molecule has 3 rings (SSSR count). The Labute approximate surface area is 131 Å². The van der Waals surface area contributed by atoms with Crippen LogP contribution in [0.3, 0.4) is 0 Å². The molecule has 2 aromatic rings. The van der Waals surface area contributed by atoms with Crippen LogP contribution in [0.15, 0.2) is 30.6 Å². The largest absolute Gasteiger partial charge is 0.370 e. The van der Waals surface area contributed by atoms with Crippen LogP contribution in [0.1, 0.15) is 43.9 Å². The quantitative estimate of drug-likeness (QED) is 0.821. The second kappa shape index (κ2) is 6.73. The fourth-order valence-corrected chi connectivity index (χ4v) is 2.35. The number of aromatic nitrogens is 3. The molecule has 1 saturated carbocycles. The molecule has 0 bridgehead atoms. The van der Waals surface area contributed by atoms with Gasteiger partial charge in [0.2, 0.25) is 5.95 Å². The third-order valence-corrected chi connectivity index (χ3v) is 3.63. The van der Waals surface area contributed by atoms with E-state index in [1.54, 1.807) is 0 Å². The molecule has 1 aliphatic rings. The monoisotopic (exact) mass is 297 g/mol. The van der Waals surface area contributed by atoms with E-state index in [9.17, 15) is 0 Å². The Morgan fingerprint density at radius 3 is 2.64 bits per heavy atom. The van der Waals surface area contributed by atoms with Gasteiger partial charge in [0.1, 0.15) is 5.82 Å². The fraction of sp³-hybridized carbons (Fsp3) is 0.471. The molecule has 0 spiro atoms. The molecule has 0 atom stereocenters. The molecule has 2 N–H and O–H groups in total. The topological polar surface area (TPSA) is 62.7 Å². The lowest BCUT2D eigenvalue weighted by Crippen LogP contribution is -2.15. The van der Waals surface area contributed by atoms with Gasteiger partial charge in [0.15, 0.2) is 0 Å². The first-order valence-corrected chi connectivity index (χ1v) is 7.99. The number of rotatable bonds is 7. The minimum Gasteiger partial charge on any atom is -0.370 e. The van der Waals surface area contributed by atoms with Crippen molar-refractivity contribution >= 4 is 11.8 Å². The molecule has 116 valence electrons. The number of nitrogens with one attached hydrogen (secondary N) is 2. The molecule has 0 aromatic carbocycles.